The van der Waals surface area contributed by atoms with Gasteiger partial charge in [-0.05, 0) is 39.9 Å². The molecule has 1 aromatic rings. The zero-order chi connectivity index (χ0) is 10.6. The fourth-order valence-electron chi connectivity index (χ4n) is 1.01. The molecule has 0 aliphatic rings. The molecule has 1 aromatic heterocycles. The van der Waals surface area contributed by atoms with Crippen LogP contribution in [0.25, 0.3) is 0 Å². The predicted molar refractivity (Wildman–Crippen MR) is 64.4 cm³/mol. The average molecular weight is 257 g/mol. The summed E-state index contributed by atoms with van der Waals surface area (Å²) in [5.74, 6) is 2.30. The van der Waals surface area contributed by atoms with Gasteiger partial charge in [-0.15, -0.1) is 0 Å². The lowest BCUT2D eigenvalue weighted by Gasteiger charge is -2.16. The molecule has 1 N–H and O–H groups in total. The fraction of sp³-hybridized carbons (Fsp3) is 0.545. The van der Waals surface area contributed by atoms with Crippen molar-refractivity contribution in [2.24, 2.45) is 11.8 Å². The number of hydrogen-bond donors (Lipinski definition) is 1. The van der Waals surface area contributed by atoms with Crippen LogP contribution >= 0.6 is 15.9 Å². The molecule has 1 rings (SSSR count). The second-order valence-corrected chi connectivity index (χ2v) is 4.76. The highest BCUT2D eigenvalue weighted by atomic mass is 79.9. The van der Waals surface area contributed by atoms with E-state index in [0.29, 0.717) is 11.8 Å². The van der Waals surface area contributed by atoms with Gasteiger partial charge in [-0.2, -0.15) is 0 Å². The number of nitrogens with one attached hydrogen (secondary N) is 1. The Balaban J connectivity index is 2.45. The molecular formula is C11H17BrN2. The maximum atomic E-state index is 4.31. The first-order chi connectivity index (χ1) is 6.59. The molecule has 1 unspecified atom stereocenters. The molecule has 0 aromatic carbocycles. The molecule has 1 heterocycles. The zero-order valence-corrected chi connectivity index (χ0v) is 10.5. The van der Waals surface area contributed by atoms with Crippen LogP contribution in [-0.2, 0) is 0 Å². The predicted octanol–water partition coefficient (Wildman–Crippen LogP) is 3.55. The minimum atomic E-state index is 0.663. The van der Waals surface area contributed by atoms with Crippen molar-refractivity contribution in [3.05, 3.63) is 22.8 Å². The Morgan fingerprint density at radius 1 is 1.36 bits per heavy atom. The zero-order valence-electron chi connectivity index (χ0n) is 8.92. The third kappa shape index (κ3) is 3.66. The van der Waals surface area contributed by atoms with E-state index < -0.39 is 0 Å². The number of pyridine rings is 1. The van der Waals surface area contributed by atoms with Crippen molar-refractivity contribution in [3.8, 4) is 0 Å². The highest BCUT2D eigenvalue weighted by Crippen LogP contribution is 2.13. The van der Waals surface area contributed by atoms with Gasteiger partial charge in [0.15, 0.2) is 0 Å². The Bertz CT molecular complexity index is 286. The summed E-state index contributed by atoms with van der Waals surface area (Å²) in [7, 11) is 0. The summed E-state index contributed by atoms with van der Waals surface area (Å²) in [6.07, 6.45) is 0. The van der Waals surface area contributed by atoms with Gasteiger partial charge in [0, 0.05) is 6.54 Å². The third-order valence-corrected chi connectivity index (χ3v) is 2.90. The van der Waals surface area contributed by atoms with Crippen LogP contribution in [0.3, 0.4) is 0 Å². The van der Waals surface area contributed by atoms with Gasteiger partial charge in [0.05, 0.1) is 0 Å². The van der Waals surface area contributed by atoms with E-state index in [0.717, 1.165) is 17.0 Å². The number of halogens is 1. The molecule has 0 fully saturated rings. The van der Waals surface area contributed by atoms with Crippen molar-refractivity contribution in [1.82, 2.24) is 4.98 Å². The van der Waals surface area contributed by atoms with E-state index >= 15 is 0 Å². The Hall–Kier alpha value is -0.570. The van der Waals surface area contributed by atoms with E-state index in [2.05, 4.69) is 47.0 Å². The van der Waals surface area contributed by atoms with E-state index in [1.54, 1.807) is 0 Å². The average Bonchev–Trinajstić information content (AvgIpc) is 2.14. The van der Waals surface area contributed by atoms with Crippen LogP contribution in [0.5, 0.6) is 0 Å². The summed E-state index contributed by atoms with van der Waals surface area (Å²) >= 11 is 3.35. The maximum absolute atomic E-state index is 4.31. The van der Waals surface area contributed by atoms with E-state index in [1.165, 1.54) is 0 Å². The molecule has 3 heteroatoms. The maximum Gasteiger partial charge on any atom is 0.127 e. The van der Waals surface area contributed by atoms with Gasteiger partial charge in [-0.3, -0.25) is 0 Å². The van der Waals surface area contributed by atoms with Crippen LogP contribution in [0.15, 0.2) is 22.8 Å². The minimum Gasteiger partial charge on any atom is -0.370 e. The molecule has 0 bridgehead atoms. The molecule has 0 radical (unpaired) electrons. The molecule has 1 atom stereocenters. The summed E-state index contributed by atoms with van der Waals surface area (Å²) in [5.41, 5.74) is 0. The van der Waals surface area contributed by atoms with Crippen molar-refractivity contribution >= 4 is 21.7 Å². The molecule has 0 saturated heterocycles. The number of aromatic nitrogens is 1. The molecule has 14 heavy (non-hydrogen) atoms. The fourth-order valence-corrected chi connectivity index (χ4v) is 1.35. The Morgan fingerprint density at radius 3 is 2.64 bits per heavy atom. The largest absolute Gasteiger partial charge is 0.370 e. The standard InChI is InChI=1S/C11H17BrN2/c1-8(2)9(3)7-13-11-6-4-5-10(12)14-11/h4-6,8-9H,7H2,1-3H3,(H,13,14). The Kier molecular flexibility index (Phi) is 4.39. The topological polar surface area (TPSA) is 24.9 Å². The highest BCUT2D eigenvalue weighted by molar-refractivity contribution is 9.10. The van der Waals surface area contributed by atoms with Crippen LogP contribution in [-0.4, -0.2) is 11.5 Å². The summed E-state index contributed by atoms with van der Waals surface area (Å²) in [6, 6.07) is 5.90. The number of rotatable bonds is 4. The number of hydrogen-bond acceptors (Lipinski definition) is 2. The third-order valence-electron chi connectivity index (χ3n) is 2.46. The lowest BCUT2D eigenvalue weighted by Crippen LogP contribution is -2.16. The van der Waals surface area contributed by atoms with E-state index in [1.807, 2.05) is 18.2 Å². The monoisotopic (exact) mass is 256 g/mol. The van der Waals surface area contributed by atoms with Crippen LogP contribution in [0.1, 0.15) is 20.8 Å². The summed E-state index contributed by atoms with van der Waals surface area (Å²) in [4.78, 5) is 4.31. The van der Waals surface area contributed by atoms with Gasteiger partial charge in [0.25, 0.3) is 0 Å². The SMILES string of the molecule is CC(C)C(C)CNc1cccc(Br)n1. The van der Waals surface area contributed by atoms with Crippen LogP contribution < -0.4 is 5.32 Å². The van der Waals surface area contributed by atoms with Gasteiger partial charge < -0.3 is 5.32 Å². The second-order valence-electron chi connectivity index (χ2n) is 3.95. The van der Waals surface area contributed by atoms with E-state index in [9.17, 15) is 0 Å². The highest BCUT2D eigenvalue weighted by Gasteiger charge is 2.06. The molecule has 78 valence electrons. The first kappa shape index (κ1) is 11.5. The summed E-state index contributed by atoms with van der Waals surface area (Å²) in [6.45, 7) is 7.69. The van der Waals surface area contributed by atoms with Gasteiger partial charge in [0.2, 0.25) is 0 Å². The minimum absolute atomic E-state index is 0.663. The molecular weight excluding hydrogens is 240 g/mol. The Morgan fingerprint density at radius 2 is 2.07 bits per heavy atom. The molecule has 0 spiro atoms. The van der Waals surface area contributed by atoms with Crippen LogP contribution in [0.4, 0.5) is 5.82 Å². The number of nitrogens with zero attached hydrogens (tertiary/aromatic N) is 1. The van der Waals surface area contributed by atoms with E-state index in [-0.39, 0.29) is 0 Å². The first-order valence-corrected chi connectivity index (χ1v) is 5.75. The molecule has 0 aliphatic heterocycles. The van der Waals surface area contributed by atoms with Gasteiger partial charge in [-0.1, -0.05) is 26.8 Å². The second kappa shape index (κ2) is 5.35. The number of anilines is 1. The molecule has 0 amide bonds. The lowest BCUT2D eigenvalue weighted by atomic mass is 9.98. The van der Waals surface area contributed by atoms with Crippen molar-refractivity contribution < 1.29 is 0 Å². The van der Waals surface area contributed by atoms with Gasteiger partial charge >= 0.3 is 0 Å². The quantitative estimate of drug-likeness (QED) is 0.834. The summed E-state index contributed by atoms with van der Waals surface area (Å²) < 4.78 is 0.875. The lowest BCUT2D eigenvalue weighted by molar-refractivity contribution is 0.439. The first-order valence-electron chi connectivity index (χ1n) is 4.96. The van der Waals surface area contributed by atoms with Crippen molar-refractivity contribution in [3.63, 3.8) is 0 Å². The van der Waals surface area contributed by atoms with E-state index in [4.69, 9.17) is 0 Å². The van der Waals surface area contributed by atoms with Crippen LogP contribution in [0.2, 0.25) is 0 Å². The van der Waals surface area contributed by atoms with Crippen molar-refractivity contribution in [1.29, 1.82) is 0 Å². The Labute approximate surface area is 94.3 Å². The van der Waals surface area contributed by atoms with Gasteiger partial charge in [0.1, 0.15) is 10.4 Å². The molecule has 0 saturated carbocycles. The van der Waals surface area contributed by atoms with Crippen LogP contribution in [0, 0.1) is 11.8 Å². The molecule has 0 aliphatic carbocycles. The smallest absolute Gasteiger partial charge is 0.127 e. The van der Waals surface area contributed by atoms with Crippen molar-refractivity contribution in [2.75, 3.05) is 11.9 Å². The van der Waals surface area contributed by atoms with Crippen molar-refractivity contribution in [2.45, 2.75) is 20.8 Å². The summed E-state index contributed by atoms with van der Waals surface area (Å²) in [5, 5.41) is 3.33. The van der Waals surface area contributed by atoms with Gasteiger partial charge in [-0.25, -0.2) is 4.98 Å². The normalized spacial score (nSPS) is 12.9. The molecule has 2 nitrogen and oxygen atoms in total.